The summed E-state index contributed by atoms with van der Waals surface area (Å²) in [5.74, 6) is -0.491. The second-order valence-electron chi connectivity index (χ2n) is 7.72. The maximum atomic E-state index is 12.9. The zero-order chi connectivity index (χ0) is 19.7. The number of aliphatic carboxylic acids is 1. The van der Waals surface area contributed by atoms with Crippen molar-refractivity contribution in [1.82, 2.24) is 20.0 Å². The van der Waals surface area contributed by atoms with Crippen molar-refractivity contribution in [1.29, 1.82) is 0 Å². The van der Waals surface area contributed by atoms with Crippen molar-refractivity contribution in [3.8, 4) is 5.69 Å². The van der Waals surface area contributed by atoms with Gasteiger partial charge < -0.3 is 10.4 Å². The Morgan fingerprint density at radius 1 is 1.25 bits per heavy atom. The van der Waals surface area contributed by atoms with Gasteiger partial charge in [-0.25, -0.2) is 4.68 Å². The molecule has 1 aromatic carbocycles. The zero-order valence-corrected chi connectivity index (χ0v) is 16.0. The van der Waals surface area contributed by atoms with Crippen LogP contribution in [0.25, 0.3) is 5.69 Å². The number of rotatable bonds is 8. The number of carbonyl (C=O) groups excluding carboxylic acids is 1. The number of carboxylic acid groups (broad SMARTS) is 1. The number of para-hydroxylation sites is 1. The van der Waals surface area contributed by atoms with Gasteiger partial charge in [-0.1, -0.05) is 25.1 Å². The van der Waals surface area contributed by atoms with Crippen LogP contribution in [0.3, 0.4) is 0 Å². The molecule has 0 atom stereocenters. The highest BCUT2D eigenvalue weighted by Gasteiger charge is 2.37. The molecule has 2 aromatic rings. The number of aromatic nitrogens is 2. The Bertz CT molecular complexity index is 854. The first kappa shape index (κ1) is 18.7. The molecule has 0 spiro atoms. The molecule has 2 aliphatic carbocycles. The van der Waals surface area contributed by atoms with E-state index in [0.717, 1.165) is 37.1 Å². The summed E-state index contributed by atoms with van der Waals surface area (Å²) in [6.45, 7) is 2.72. The second-order valence-corrected chi connectivity index (χ2v) is 7.72. The van der Waals surface area contributed by atoms with Crippen molar-refractivity contribution in [2.75, 3.05) is 13.1 Å². The van der Waals surface area contributed by atoms with E-state index in [9.17, 15) is 9.59 Å². The molecule has 2 N–H and O–H groups in total. The second kappa shape index (κ2) is 7.75. The van der Waals surface area contributed by atoms with Gasteiger partial charge in [0.15, 0.2) is 0 Å². The van der Waals surface area contributed by atoms with Crippen LogP contribution in [0, 0.1) is 0 Å². The van der Waals surface area contributed by atoms with Gasteiger partial charge in [0.2, 0.25) is 0 Å². The Kier molecular flexibility index (Phi) is 5.17. The Morgan fingerprint density at radius 2 is 1.96 bits per heavy atom. The number of carboxylic acids is 1. The van der Waals surface area contributed by atoms with E-state index in [0.29, 0.717) is 18.0 Å². The highest BCUT2D eigenvalue weighted by molar-refractivity contribution is 5.95. The minimum absolute atomic E-state index is 0.0531. The normalized spacial score (nSPS) is 21.4. The summed E-state index contributed by atoms with van der Waals surface area (Å²) in [4.78, 5) is 25.8. The molecule has 0 bridgehead atoms. The van der Waals surface area contributed by atoms with E-state index in [2.05, 4.69) is 10.4 Å². The number of benzene rings is 1. The Hall–Kier alpha value is -2.67. The number of hydrogen-bond donors (Lipinski definition) is 2. The zero-order valence-electron chi connectivity index (χ0n) is 16.0. The Balaban J connectivity index is 1.43. The molecule has 2 saturated carbocycles. The Morgan fingerprint density at radius 3 is 2.57 bits per heavy atom. The maximum Gasteiger partial charge on any atom is 0.317 e. The lowest BCUT2D eigenvalue weighted by Gasteiger charge is -2.42. The summed E-state index contributed by atoms with van der Waals surface area (Å²) in [6, 6.07) is 10.2. The van der Waals surface area contributed by atoms with Crippen LogP contribution < -0.4 is 5.32 Å². The molecule has 0 unspecified atom stereocenters. The molecular weight excluding hydrogens is 356 g/mol. The average Bonchev–Trinajstić information content (AvgIpc) is 3.40. The monoisotopic (exact) mass is 382 g/mol. The van der Waals surface area contributed by atoms with Crippen LogP contribution in [0.2, 0.25) is 0 Å². The van der Waals surface area contributed by atoms with E-state index in [4.69, 9.17) is 5.11 Å². The van der Waals surface area contributed by atoms with Crippen LogP contribution in [0.1, 0.15) is 54.6 Å². The fourth-order valence-electron chi connectivity index (χ4n) is 4.00. The Labute approximate surface area is 164 Å². The summed E-state index contributed by atoms with van der Waals surface area (Å²) in [6.07, 6.45) is 5.43. The first-order chi connectivity index (χ1) is 13.6. The molecule has 28 heavy (non-hydrogen) atoms. The van der Waals surface area contributed by atoms with Crippen molar-refractivity contribution in [3.05, 3.63) is 47.8 Å². The number of carbonyl (C=O) groups is 2. The van der Waals surface area contributed by atoms with Crippen LogP contribution in [-0.2, 0) is 4.79 Å². The molecule has 1 amide bonds. The molecule has 7 nitrogen and oxygen atoms in total. The van der Waals surface area contributed by atoms with Gasteiger partial charge in [-0.05, 0) is 44.4 Å². The van der Waals surface area contributed by atoms with Crippen LogP contribution >= 0.6 is 0 Å². The van der Waals surface area contributed by atoms with E-state index in [1.54, 1.807) is 6.20 Å². The lowest BCUT2D eigenvalue weighted by atomic mass is 9.85. The highest BCUT2D eigenvalue weighted by atomic mass is 16.4. The van der Waals surface area contributed by atoms with Crippen molar-refractivity contribution in [2.45, 2.75) is 50.6 Å². The summed E-state index contributed by atoms with van der Waals surface area (Å²) in [5, 5.41) is 16.6. The van der Waals surface area contributed by atoms with Crippen LogP contribution in [0.4, 0.5) is 0 Å². The number of nitrogens with zero attached hydrogens (tertiary/aromatic N) is 3. The van der Waals surface area contributed by atoms with Gasteiger partial charge in [0, 0.05) is 18.0 Å². The van der Waals surface area contributed by atoms with Crippen molar-refractivity contribution in [2.24, 2.45) is 0 Å². The van der Waals surface area contributed by atoms with Crippen molar-refractivity contribution >= 4 is 11.9 Å². The number of hydrogen-bond acceptors (Lipinski definition) is 4. The number of nitrogens with one attached hydrogen (secondary N) is 1. The predicted molar refractivity (Wildman–Crippen MR) is 105 cm³/mol. The number of amides is 1. The third kappa shape index (κ3) is 3.80. The molecule has 2 aliphatic rings. The third-order valence-electron chi connectivity index (χ3n) is 5.73. The van der Waals surface area contributed by atoms with Crippen LogP contribution in [0.15, 0.2) is 36.5 Å². The molecule has 0 saturated heterocycles. The lowest BCUT2D eigenvalue weighted by Crippen LogP contribution is -2.54. The molecule has 1 heterocycles. The quantitative estimate of drug-likeness (QED) is 0.732. The summed E-state index contributed by atoms with van der Waals surface area (Å²) in [7, 11) is 0. The molecule has 0 aliphatic heterocycles. The molecule has 1 aromatic heterocycles. The largest absolute Gasteiger partial charge is 0.480 e. The van der Waals surface area contributed by atoms with E-state index in [1.807, 2.05) is 46.8 Å². The predicted octanol–water partition coefficient (Wildman–Crippen LogP) is 2.42. The van der Waals surface area contributed by atoms with Crippen LogP contribution in [0.5, 0.6) is 0 Å². The molecule has 7 heteroatoms. The lowest BCUT2D eigenvalue weighted by molar-refractivity contribution is -0.139. The molecule has 2 fully saturated rings. The summed E-state index contributed by atoms with van der Waals surface area (Å²) < 4.78 is 1.89. The number of likely N-dealkylation sites (N-methyl/N-ethyl adjacent to an activating group) is 1. The molecule has 148 valence electrons. The average molecular weight is 382 g/mol. The first-order valence-corrected chi connectivity index (χ1v) is 9.96. The van der Waals surface area contributed by atoms with E-state index < -0.39 is 5.97 Å². The minimum Gasteiger partial charge on any atom is -0.480 e. The van der Waals surface area contributed by atoms with E-state index in [1.165, 1.54) is 0 Å². The van der Waals surface area contributed by atoms with Gasteiger partial charge in [-0.3, -0.25) is 14.5 Å². The molecule has 0 radical (unpaired) electrons. The van der Waals surface area contributed by atoms with E-state index in [-0.39, 0.29) is 24.5 Å². The molecular formula is C21H26N4O3. The van der Waals surface area contributed by atoms with Crippen molar-refractivity contribution < 1.29 is 14.7 Å². The fourth-order valence-corrected chi connectivity index (χ4v) is 4.00. The SMILES string of the molecule is CCN(CC(=O)O)C1CC(NC(=O)c2cnn(-c3ccccc3)c2C2CC2)C1. The van der Waals surface area contributed by atoms with Gasteiger partial charge in [-0.15, -0.1) is 0 Å². The van der Waals surface area contributed by atoms with Gasteiger partial charge in [0.1, 0.15) is 0 Å². The van der Waals surface area contributed by atoms with E-state index >= 15 is 0 Å². The van der Waals surface area contributed by atoms with Gasteiger partial charge in [0.25, 0.3) is 5.91 Å². The third-order valence-corrected chi connectivity index (χ3v) is 5.73. The standard InChI is InChI=1S/C21H26N4O3/c1-2-24(13-19(26)27)17-10-15(11-17)23-21(28)18-12-22-25(20(18)14-8-9-14)16-6-4-3-5-7-16/h3-7,12,14-15,17H,2,8-11,13H2,1H3,(H,23,28)(H,26,27). The summed E-state index contributed by atoms with van der Waals surface area (Å²) in [5.41, 5.74) is 2.63. The van der Waals surface area contributed by atoms with Crippen molar-refractivity contribution in [3.63, 3.8) is 0 Å². The first-order valence-electron chi connectivity index (χ1n) is 9.96. The smallest absolute Gasteiger partial charge is 0.317 e. The van der Waals surface area contributed by atoms with Gasteiger partial charge in [-0.2, -0.15) is 5.10 Å². The topological polar surface area (TPSA) is 87.5 Å². The molecule has 4 rings (SSSR count). The maximum absolute atomic E-state index is 12.9. The summed E-state index contributed by atoms with van der Waals surface area (Å²) >= 11 is 0. The van der Waals surface area contributed by atoms with Gasteiger partial charge >= 0.3 is 5.97 Å². The highest BCUT2D eigenvalue weighted by Crippen LogP contribution is 2.42. The van der Waals surface area contributed by atoms with Gasteiger partial charge in [0.05, 0.1) is 29.7 Å². The van der Waals surface area contributed by atoms with Crippen LogP contribution in [-0.4, -0.2) is 56.8 Å². The minimum atomic E-state index is -0.809. The fraction of sp³-hybridized carbons (Fsp3) is 0.476.